The average Bonchev–Trinajstić information content (AvgIpc) is 2.85. The molecule has 3 aliphatic rings. The number of hydrogen-bond acceptors (Lipinski definition) is 4. The Morgan fingerprint density at radius 1 is 1.20 bits per heavy atom. The van der Waals surface area contributed by atoms with Crippen molar-refractivity contribution in [2.75, 3.05) is 18.6 Å². The second kappa shape index (κ2) is 4.72. The summed E-state index contributed by atoms with van der Waals surface area (Å²) in [6, 6.07) is -0.429. The van der Waals surface area contributed by atoms with Crippen LogP contribution in [0.4, 0.5) is 4.79 Å². The van der Waals surface area contributed by atoms with Crippen LogP contribution in [0.3, 0.4) is 0 Å². The second-order valence-corrected chi connectivity index (χ2v) is 8.43. The molecule has 2 heterocycles. The van der Waals surface area contributed by atoms with Gasteiger partial charge in [0.1, 0.15) is 15.9 Å². The fourth-order valence-corrected chi connectivity index (χ4v) is 4.35. The molecule has 0 unspecified atom stereocenters. The molecule has 3 fully saturated rings. The highest BCUT2D eigenvalue weighted by Crippen LogP contribution is 2.43. The number of hydrogen-bond donors (Lipinski definition) is 0. The molecule has 0 spiro atoms. The first kappa shape index (κ1) is 13.9. The molecule has 3 rings (SSSR count). The molecule has 3 atom stereocenters. The predicted molar refractivity (Wildman–Crippen MR) is 72.8 cm³/mol. The summed E-state index contributed by atoms with van der Waals surface area (Å²) in [4.78, 5) is 27.6. The molecule has 0 aromatic heterocycles. The number of amides is 3. The predicted octanol–water partition coefficient (Wildman–Crippen LogP) is 0.626. The maximum atomic E-state index is 12.4. The SMILES string of the molecule is CS(=O)(=O)CCN1C(=O)[C@@H]2C[C@@H]3CCCC[C@H]3N2C1=O. The smallest absolute Gasteiger partial charge is 0.309 e. The Labute approximate surface area is 119 Å². The lowest BCUT2D eigenvalue weighted by Crippen LogP contribution is -2.42. The highest BCUT2D eigenvalue weighted by atomic mass is 32.2. The van der Waals surface area contributed by atoms with Gasteiger partial charge in [0.15, 0.2) is 0 Å². The molecule has 0 bridgehead atoms. The molecule has 20 heavy (non-hydrogen) atoms. The van der Waals surface area contributed by atoms with E-state index >= 15 is 0 Å². The van der Waals surface area contributed by atoms with E-state index in [0.29, 0.717) is 5.92 Å². The number of carbonyl (C=O) groups is 2. The third-order valence-electron chi connectivity index (χ3n) is 4.78. The van der Waals surface area contributed by atoms with Crippen molar-refractivity contribution in [1.82, 2.24) is 9.80 Å². The van der Waals surface area contributed by atoms with Crippen LogP contribution in [0.15, 0.2) is 0 Å². The lowest BCUT2D eigenvalue weighted by atomic mass is 9.84. The second-order valence-electron chi connectivity index (χ2n) is 6.17. The Hall–Kier alpha value is -1.11. The molecule has 7 heteroatoms. The fraction of sp³-hybridized carbons (Fsp3) is 0.846. The van der Waals surface area contributed by atoms with Gasteiger partial charge in [0, 0.05) is 18.8 Å². The number of carbonyl (C=O) groups excluding carboxylic acids is 2. The number of sulfone groups is 1. The number of urea groups is 1. The Balaban J connectivity index is 1.76. The summed E-state index contributed by atoms with van der Waals surface area (Å²) in [5, 5.41) is 0. The molecule has 0 aromatic rings. The van der Waals surface area contributed by atoms with Crippen LogP contribution in [0, 0.1) is 5.92 Å². The molecule has 6 nitrogen and oxygen atoms in total. The molecular formula is C13H20N2O4S. The monoisotopic (exact) mass is 300 g/mol. The molecule has 1 saturated carbocycles. The topological polar surface area (TPSA) is 74.8 Å². The van der Waals surface area contributed by atoms with Crippen LogP contribution in [0.5, 0.6) is 0 Å². The number of imide groups is 1. The molecule has 0 aromatic carbocycles. The van der Waals surface area contributed by atoms with Gasteiger partial charge in [0.05, 0.1) is 5.75 Å². The first-order chi connectivity index (χ1) is 9.38. The van der Waals surface area contributed by atoms with E-state index in [4.69, 9.17) is 0 Å². The zero-order valence-electron chi connectivity index (χ0n) is 11.6. The highest BCUT2D eigenvalue weighted by molar-refractivity contribution is 7.90. The van der Waals surface area contributed by atoms with Gasteiger partial charge in [-0.2, -0.15) is 0 Å². The van der Waals surface area contributed by atoms with E-state index in [9.17, 15) is 18.0 Å². The van der Waals surface area contributed by atoms with Gasteiger partial charge in [-0.25, -0.2) is 13.2 Å². The van der Waals surface area contributed by atoms with Crippen molar-refractivity contribution < 1.29 is 18.0 Å². The summed E-state index contributed by atoms with van der Waals surface area (Å²) < 4.78 is 22.4. The van der Waals surface area contributed by atoms with Gasteiger partial charge in [-0.3, -0.25) is 9.69 Å². The van der Waals surface area contributed by atoms with E-state index in [1.54, 1.807) is 4.90 Å². The first-order valence-corrected chi connectivity index (χ1v) is 9.26. The average molecular weight is 300 g/mol. The molecule has 3 amide bonds. The lowest BCUT2D eigenvalue weighted by molar-refractivity contribution is -0.127. The van der Waals surface area contributed by atoms with E-state index < -0.39 is 9.84 Å². The van der Waals surface area contributed by atoms with E-state index in [1.807, 2.05) is 0 Å². The molecule has 0 N–H and O–H groups in total. The van der Waals surface area contributed by atoms with Gasteiger partial charge < -0.3 is 4.90 Å². The van der Waals surface area contributed by atoms with E-state index in [2.05, 4.69) is 0 Å². The summed E-state index contributed by atoms with van der Waals surface area (Å²) in [6.07, 6.45) is 6.24. The molecule has 2 aliphatic heterocycles. The maximum Gasteiger partial charge on any atom is 0.327 e. The molecular weight excluding hydrogens is 280 g/mol. The van der Waals surface area contributed by atoms with Crippen LogP contribution in [0.2, 0.25) is 0 Å². The minimum absolute atomic E-state index is 0.0130. The highest BCUT2D eigenvalue weighted by Gasteiger charge is 2.55. The Morgan fingerprint density at radius 3 is 2.60 bits per heavy atom. The molecule has 0 radical (unpaired) electrons. The number of nitrogens with zero attached hydrogens (tertiary/aromatic N) is 2. The fourth-order valence-electron chi connectivity index (χ4n) is 3.83. The van der Waals surface area contributed by atoms with E-state index in [0.717, 1.165) is 36.8 Å². The van der Waals surface area contributed by atoms with Crippen LogP contribution in [0.25, 0.3) is 0 Å². The Bertz CT molecular complexity index is 545. The third kappa shape index (κ3) is 2.21. The van der Waals surface area contributed by atoms with Crippen LogP contribution in [0.1, 0.15) is 32.1 Å². The Morgan fingerprint density at radius 2 is 1.90 bits per heavy atom. The van der Waals surface area contributed by atoms with Crippen LogP contribution >= 0.6 is 0 Å². The van der Waals surface area contributed by atoms with Gasteiger partial charge >= 0.3 is 6.03 Å². The quantitative estimate of drug-likeness (QED) is 0.716. The van der Waals surface area contributed by atoms with E-state index in [1.165, 1.54) is 6.42 Å². The van der Waals surface area contributed by atoms with Crippen molar-refractivity contribution in [2.24, 2.45) is 5.92 Å². The summed E-state index contributed by atoms with van der Waals surface area (Å²) >= 11 is 0. The first-order valence-electron chi connectivity index (χ1n) is 7.20. The van der Waals surface area contributed by atoms with Crippen molar-refractivity contribution in [3.05, 3.63) is 0 Å². The summed E-state index contributed by atoms with van der Waals surface area (Å²) in [5.74, 6) is 0.103. The van der Waals surface area contributed by atoms with Crippen LogP contribution in [-0.4, -0.2) is 60.8 Å². The van der Waals surface area contributed by atoms with Crippen molar-refractivity contribution >= 4 is 21.8 Å². The van der Waals surface area contributed by atoms with Gasteiger partial charge in [-0.15, -0.1) is 0 Å². The maximum absolute atomic E-state index is 12.4. The van der Waals surface area contributed by atoms with Crippen LogP contribution in [-0.2, 0) is 14.6 Å². The van der Waals surface area contributed by atoms with Crippen molar-refractivity contribution in [1.29, 1.82) is 0 Å². The largest absolute Gasteiger partial charge is 0.327 e. The van der Waals surface area contributed by atoms with Gasteiger partial charge in [0.25, 0.3) is 5.91 Å². The normalized spacial score (nSPS) is 33.5. The molecule has 2 saturated heterocycles. The number of rotatable bonds is 3. The summed E-state index contributed by atoms with van der Waals surface area (Å²) in [6.45, 7) is -0.0130. The van der Waals surface area contributed by atoms with Gasteiger partial charge in [0.2, 0.25) is 0 Å². The van der Waals surface area contributed by atoms with Crippen molar-refractivity contribution in [3.63, 3.8) is 0 Å². The van der Waals surface area contributed by atoms with Gasteiger partial charge in [-0.1, -0.05) is 12.8 Å². The third-order valence-corrected chi connectivity index (χ3v) is 5.70. The van der Waals surface area contributed by atoms with E-state index in [-0.39, 0.29) is 36.3 Å². The standard InChI is InChI=1S/C13H20N2O4S/c1-20(18,19)7-6-14-12(16)11-8-9-4-2-3-5-10(9)15(11)13(14)17/h9-11H,2-8H2,1H3/t9-,10+,11-/m0/s1. The zero-order chi connectivity index (χ0) is 14.5. The minimum Gasteiger partial charge on any atom is -0.309 e. The zero-order valence-corrected chi connectivity index (χ0v) is 12.4. The molecule has 1 aliphatic carbocycles. The summed E-state index contributed by atoms with van der Waals surface area (Å²) in [5.41, 5.74) is 0. The minimum atomic E-state index is -3.17. The van der Waals surface area contributed by atoms with Crippen molar-refractivity contribution in [3.8, 4) is 0 Å². The number of fused-ring (bicyclic) bond motifs is 3. The lowest BCUT2D eigenvalue weighted by Gasteiger charge is -2.30. The van der Waals surface area contributed by atoms with Crippen molar-refractivity contribution in [2.45, 2.75) is 44.2 Å². The molecule has 112 valence electrons. The summed E-state index contributed by atoms with van der Waals surface area (Å²) in [7, 11) is -3.17. The Kier molecular flexibility index (Phi) is 3.27. The van der Waals surface area contributed by atoms with Crippen LogP contribution < -0.4 is 0 Å². The van der Waals surface area contributed by atoms with Gasteiger partial charge in [-0.05, 0) is 25.2 Å².